The molecule has 0 spiro atoms. The van der Waals surface area contributed by atoms with Crippen molar-refractivity contribution in [1.29, 1.82) is 0 Å². The number of hydrogen-bond donors (Lipinski definition) is 1. The van der Waals surface area contributed by atoms with Crippen LogP contribution in [0, 0.1) is 0 Å². The highest BCUT2D eigenvalue weighted by atomic mass is 32.1. The predicted octanol–water partition coefficient (Wildman–Crippen LogP) is 2.50. The summed E-state index contributed by atoms with van der Waals surface area (Å²) in [4.78, 5) is 5.60. The third-order valence-corrected chi connectivity index (χ3v) is 3.64. The van der Waals surface area contributed by atoms with Crippen molar-refractivity contribution in [2.24, 2.45) is 7.05 Å². The highest BCUT2D eigenvalue weighted by Gasteiger charge is 2.12. The number of nitrogens with one attached hydrogen (secondary N) is 1. The minimum absolute atomic E-state index is 0.688. The maximum absolute atomic E-state index is 4.51. The van der Waals surface area contributed by atoms with Crippen LogP contribution in [0.15, 0.2) is 23.6 Å². The summed E-state index contributed by atoms with van der Waals surface area (Å²) in [5.41, 5.74) is 1.99. The first-order valence-corrected chi connectivity index (χ1v) is 6.65. The van der Waals surface area contributed by atoms with Crippen molar-refractivity contribution < 1.29 is 0 Å². The van der Waals surface area contributed by atoms with Gasteiger partial charge in [-0.2, -0.15) is 10.2 Å². The molecule has 1 N–H and O–H groups in total. The lowest BCUT2D eigenvalue weighted by Gasteiger charge is -1.93. The van der Waals surface area contributed by atoms with Gasteiger partial charge in [0.1, 0.15) is 5.69 Å². The number of aromatic nitrogens is 5. The zero-order chi connectivity index (χ0) is 12.5. The van der Waals surface area contributed by atoms with Gasteiger partial charge in [-0.3, -0.25) is 9.78 Å². The fourth-order valence-corrected chi connectivity index (χ4v) is 2.47. The fraction of sp³-hybridized carbons (Fsp3) is 0.250. The molecule has 0 aromatic carbocycles. The number of thiophene rings is 1. The molecule has 3 heterocycles. The third-order valence-electron chi connectivity index (χ3n) is 2.76. The number of H-pyrrole nitrogens is 1. The summed E-state index contributed by atoms with van der Waals surface area (Å²) in [5.74, 6) is 1.49. The molecule has 0 aliphatic rings. The lowest BCUT2D eigenvalue weighted by molar-refractivity contribution is 0.748. The molecular formula is C12H13N5S. The first-order valence-electron chi connectivity index (χ1n) is 5.77. The number of hydrogen-bond acceptors (Lipinski definition) is 4. The number of rotatable bonds is 3. The summed E-state index contributed by atoms with van der Waals surface area (Å²) in [7, 11) is 1.91. The number of nitrogens with zero attached hydrogens (tertiary/aromatic N) is 4. The number of aromatic amines is 1. The van der Waals surface area contributed by atoms with Crippen molar-refractivity contribution in [2.75, 3.05) is 0 Å². The standard InChI is InChI=1S/C12H13N5S/c1-3-8-7-9(17(2)16-8)11-13-12(15-14-11)10-5-4-6-18-10/h4-7H,3H2,1-2H3,(H,13,14,15). The van der Waals surface area contributed by atoms with Gasteiger partial charge in [0.15, 0.2) is 11.6 Å². The van der Waals surface area contributed by atoms with E-state index in [1.165, 1.54) is 0 Å². The van der Waals surface area contributed by atoms with E-state index in [0.29, 0.717) is 5.82 Å². The normalized spacial score (nSPS) is 11.0. The van der Waals surface area contributed by atoms with E-state index in [-0.39, 0.29) is 0 Å². The average Bonchev–Trinajstić information content (AvgIpc) is 3.08. The summed E-state index contributed by atoms with van der Waals surface area (Å²) in [6.07, 6.45) is 0.913. The van der Waals surface area contributed by atoms with Gasteiger partial charge in [0.05, 0.1) is 10.6 Å². The van der Waals surface area contributed by atoms with E-state index < -0.39 is 0 Å². The van der Waals surface area contributed by atoms with Crippen LogP contribution in [0.1, 0.15) is 12.6 Å². The van der Waals surface area contributed by atoms with Gasteiger partial charge >= 0.3 is 0 Å². The van der Waals surface area contributed by atoms with Gasteiger partial charge in [-0.05, 0) is 23.9 Å². The topological polar surface area (TPSA) is 59.4 Å². The highest BCUT2D eigenvalue weighted by molar-refractivity contribution is 7.13. The molecule has 0 radical (unpaired) electrons. The average molecular weight is 259 g/mol. The molecule has 0 unspecified atom stereocenters. The molecule has 0 atom stereocenters. The van der Waals surface area contributed by atoms with E-state index in [0.717, 1.165) is 28.5 Å². The molecule has 0 bridgehead atoms. The smallest absolute Gasteiger partial charge is 0.199 e. The quantitative estimate of drug-likeness (QED) is 0.786. The lowest BCUT2D eigenvalue weighted by Crippen LogP contribution is -1.95. The van der Waals surface area contributed by atoms with Gasteiger partial charge in [-0.1, -0.05) is 13.0 Å². The molecule has 3 aromatic heterocycles. The third kappa shape index (κ3) is 1.84. The molecular weight excluding hydrogens is 246 g/mol. The van der Waals surface area contributed by atoms with E-state index in [1.807, 2.05) is 35.3 Å². The zero-order valence-electron chi connectivity index (χ0n) is 10.2. The van der Waals surface area contributed by atoms with Gasteiger partial charge in [0.2, 0.25) is 0 Å². The lowest BCUT2D eigenvalue weighted by atomic mass is 10.3. The Kier molecular flexibility index (Phi) is 2.71. The van der Waals surface area contributed by atoms with Crippen LogP contribution in [-0.2, 0) is 13.5 Å². The summed E-state index contributed by atoms with van der Waals surface area (Å²) in [6.45, 7) is 2.08. The van der Waals surface area contributed by atoms with Crippen molar-refractivity contribution in [3.63, 3.8) is 0 Å². The second kappa shape index (κ2) is 4.38. The van der Waals surface area contributed by atoms with E-state index >= 15 is 0 Å². The van der Waals surface area contributed by atoms with E-state index in [4.69, 9.17) is 0 Å². The van der Waals surface area contributed by atoms with Crippen LogP contribution < -0.4 is 0 Å². The molecule has 92 valence electrons. The summed E-state index contributed by atoms with van der Waals surface area (Å²) < 4.78 is 1.82. The molecule has 0 aliphatic heterocycles. The molecule has 5 nitrogen and oxygen atoms in total. The first kappa shape index (κ1) is 11.2. The Hall–Kier alpha value is -1.95. The van der Waals surface area contributed by atoms with Crippen LogP contribution in [0.4, 0.5) is 0 Å². The van der Waals surface area contributed by atoms with Crippen molar-refractivity contribution in [3.8, 4) is 22.2 Å². The molecule has 6 heteroatoms. The molecule has 3 rings (SSSR count). The van der Waals surface area contributed by atoms with Gasteiger partial charge in [0, 0.05) is 7.05 Å². The second-order valence-electron chi connectivity index (χ2n) is 3.98. The van der Waals surface area contributed by atoms with E-state index in [2.05, 4.69) is 27.2 Å². The Morgan fingerprint density at radius 3 is 3.00 bits per heavy atom. The zero-order valence-corrected chi connectivity index (χ0v) is 11.0. The summed E-state index contributed by atoms with van der Waals surface area (Å²) in [5, 5.41) is 13.7. The van der Waals surface area contributed by atoms with Gasteiger partial charge in [0.25, 0.3) is 0 Å². The van der Waals surface area contributed by atoms with Crippen LogP contribution in [0.2, 0.25) is 0 Å². The Bertz CT molecular complexity index is 650. The molecule has 0 aliphatic carbocycles. The highest BCUT2D eigenvalue weighted by Crippen LogP contribution is 2.23. The number of aryl methyl sites for hydroxylation is 2. The molecule has 3 aromatic rings. The summed E-state index contributed by atoms with van der Waals surface area (Å²) in [6, 6.07) is 6.05. The van der Waals surface area contributed by atoms with Gasteiger partial charge < -0.3 is 0 Å². The van der Waals surface area contributed by atoms with Crippen molar-refractivity contribution >= 4 is 11.3 Å². The maximum Gasteiger partial charge on any atom is 0.199 e. The molecule has 0 fully saturated rings. The largest absolute Gasteiger partial charge is 0.264 e. The first-order chi connectivity index (χ1) is 8.78. The van der Waals surface area contributed by atoms with Crippen molar-refractivity contribution in [1.82, 2.24) is 25.0 Å². The minimum Gasteiger partial charge on any atom is -0.264 e. The van der Waals surface area contributed by atoms with Crippen LogP contribution in [0.3, 0.4) is 0 Å². The second-order valence-corrected chi connectivity index (χ2v) is 4.93. The molecule has 0 amide bonds. The van der Waals surface area contributed by atoms with E-state index in [9.17, 15) is 0 Å². The molecule has 0 saturated heterocycles. The van der Waals surface area contributed by atoms with E-state index in [1.54, 1.807) is 11.3 Å². The van der Waals surface area contributed by atoms with Crippen LogP contribution in [0.25, 0.3) is 22.2 Å². The fourth-order valence-electron chi connectivity index (χ4n) is 1.81. The van der Waals surface area contributed by atoms with Crippen molar-refractivity contribution in [3.05, 3.63) is 29.3 Å². The van der Waals surface area contributed by atoms with Crippen LogP contribution in [-0.4, -0.2) is 25.0 Å². The predicted molar refractivity (Wildman–Crippen MR) is 71.3 cm³/mol. The van der Waals surface area contributed by atoms with Crippen LogP contribution >= 0.6 is 11.3 Å². The Morgan fingerprint density at radius 1 is 1.44 bits per heavy atom. The summed E-state index contributed by atoms with van der Waals surface area (Å²) >= 11 is 1.64. The minimum atomic E-state index is 0.688. The maximum atomic E-state index is 4.51. The Balaban J connectivity index is 2.00. The van der Waals surface area contributed by atoms with Crippen molar-refractivity contribution in [2.45, 2.75) is 13.3 Å². The van der Waals surface area contributed by atoms with Gasteiger partial charge in [-0.25, -0.2) is 4.98 Å². The molecule has 0 saturated carbocycles. The monoisotopic (exact) mass is 259 g/mol. The Morgan fingerprint density at radius 2 is 2.33 bits per heavy atom. The molecule has 18 heavy (non-hydrogen) atoms. The van der Waals surface area contributed by atoms with Gasteiger partial charge in [-0.15, -0.1) is 11.3 Å². The SMILES string of the molecule is CCc1cc(-c2n[nH]c(-c3cccs3)n2)n(C)n1. The Labute approximate surface area is 109 Å². The van der Waals surface area contributed by atoms with Crippen LogP contribution in [0.5, 0.6) is 0 Å².